The van der Waals surface area contributed by atoms with Gasteiger partial charge in [-0.2, -0.15) is 23.4 Å². The van der Waals surface area contributed by atoms with Crippen LogP contribution in [0.5, 0.6) is 11.5 Å². The van der Waals surface area contributed by atoms with E-state index in [0.717, 1.165) is 12.1 Å². The number of carbonyl (C=O) groups is 1. The third kappa shape index (κ3) is 6.31. The summed E-state index contributed by atoms with van der Waals surface area (Å²) in [6.45, 7) is 1.82. The first-order valence-corrected chi connectivity index (χ1v) is 14.4. The van der Waals surface area contributed by atoms with Gasteiger partial charge in [0.05, 0.1) is 43.0 Å². The minimum atomic E-state index is -4.90. The van der Waals surface area contributed by atoms with Gasteiger partial charge in [-0.3, -0.25) is 4.79 Å². The Morgan fingerprint density at radius 2 is 1.95 bits per heavy atom. The van der Waals surface area contributed by atoms with Crippen LogP contribution in [0.2, 0.25) is 0 Å². The average Bonchev–Trinajstić information content (AvgIpc) is 3.64. The number of alkyl halides is 3. The molecule has 6 rings (SSSR count). The fourth-order valence-corrected chi connectivity index (χ4v) is 5.88. The summed E-state index contributed by atoms with van der Waals surface area (Å²) in [6, 6.07) is 9.21. The van der Waals surface area contributed by atoms with Crippen LogP contribution in [0.25, 0.3) is 10.6 Å². The Bertz CT molecular complexity index is 1600. The second-order valence-electron chi connectivity index (χ2n) is 10.1. The number of nitrogens with one attached hydrogen (secondary N) is 2. The van der Waals surface area contributed by atoms with Gasteiger partial charge in [-0.15, -0.1) is 11.3 Å². The van der Waals surface area contributed by atoms with Gasteiger partial charge in [0, 0.05) is 30.1 Å². The predicted molar refractivity (Wildman–Crippen MR) is 152 cm³/mol. The van der Waals surface area contributed by atoms with Gasteiger partial charge in [-0.05, 0) is 43.2 Å². The first-order valence-electron chi connectivity index (χ1n) is 13.6. The zero-order chi connectivity index (χ0) is 30.0. The van der Waals surface area contributed by atoms with Gasteiger partial charge in [0.2, 0.25) is 0 Å². The first-order chi connectivity index (χ1) is 20.8. The molecule has 0 saturated carbocycles. The summed E-state index contributed by atoms with van der Waals surface area (Å²) in [6.07, 6.45) is -0.627. The lowest BCUT2D eigenvalue weighted by Gasteiger charge is -2.34. The predicted octanol–water partition coefficient (Wildman–Crippen LogP) is 5.76. The molecule has 2 aromatic carbocycles. The quantitative estimate of drug-likeness (QED) is 0.230. The van der Waals surface area contributed by atoms with E-state index in [4.69, 9.17) is 9.47 Å². The molecule has 4 heterocycles. The van der Waals surface area contributed by atoms with Gasteiger partial charge in [0.15, 0.2) is 11.6 Å². The normalized spacial score (nSPS) is 17.1. The van der Waals surface area contributed by atoms with E-state index in [1.54, 1.807) is 11.0 Å². The van der Waals surface area contributed by atoms with Crippen LogP contribution in [-0.2, 0) is 10.9 Å². The molecule has 0 aliphatic carbocycles. The highest BCUT2D eigenvalue weighted by molar-refractivity contribution is 7.13. The Hall–Kier alpha value is -4.14. The van der Waals surface area contributed by atoms with E-state index in [1.165, 1.54) is 53.4 Å². The molecule has 2 saturated heterocycles. The second-order valence-corrected chi connectivity index (χ2v) is 11.0. The monoisotopic (exact) mass is 614 g/mol. The minimum Gasteiger partial charge on any atom is -0.454 e. The maximum absolute atomic E-state index is 14.9. The van der Waals surface area contributed by atoms with Gasteiger partial charge in [0.25, 0.3) is 5.91 Å². The maximum atomic E-state index is 14.9. The number of para-hydroxylation sites is 1. The van der Waals surface area contributed by atoms with E-state index in [0.29, 0.717) is 49.7 Å². The Labute approximate surface area is 247 Å². The van der Waals surface area contributed by atoms with E-state index in [2.05, 4.69) is 25.8 Å². The summed E-state index contributed by atoms with van der Waals surface area (Å²) >= 11 is 1.20. The third-order valence-corrected chi connectivity index (χ3v) is 8.13. The lowest BCUT2D eigenvalue weighted by molar-refractivity contribution is -0.138. The zero-order valence-electron chi connectivity index (χ0n) is 22.6. The second kappa shape index (κ2) is 12.2. The van der Waals surface area contributed by atoms with Crippen molar-refractivity contribution in [2.75, 3.05) is 36.5 Å². The number of rotatable bonds is 9. The van der Waals surface area contributed by atoms with Crippen molar-refractivity contribution in [2.24, 2.45) is 0 Å². The number of thiazole rings is 1. The van der Waals surface area contributed by atoms with E-state index in [-0.39, 0.29) is 34.9 Å². The molecule has 2 fully saturated rings. The fourth-order valence-electron chi connectivity index (χ4n) is 5.09. The van der Waals surface area contributed by atoms with Crippen molar-refractivity contribution in [1.82, 2.24) is 20.5 Å². The van der Waals surface area contributed by atoms with Crippen molar-refractivity contribution in [3.05, 3.63) is 77.3 Å². The summed E-state index contributed by atoms with van der Waals surface area (Å²) in [7, 11) is 0. The van der Waals surface area contributed by atoms with E-state index < -0.39 is 29.2 Å². The summed E-state index contributed by atoms with van der Waals surface area (Å²) < 4.78 is 70.0. The third-order valence-electron chi connectivity index (χ3n) is 7.24. The van der Waals surface area contributed by atoms with Crippen LogP contribution in [0.1, 0.15) is 28.9 Å². The number of amides is 1. The summed E-state index contributed by atoms with van der Waals surface area (Å²) in [5.74, 6) is -2.40. The van der Waals surface area contributed by atoms with Crippen LogP contribution in [0.3, 0.4) is 0 Å². The molecule has 9 nitrogen and oxygen atoms in total. The molecule has 2 aromatic heterocycles. The zero-order valence-corrected chi connectivity index (χ0v) is 23.4. The van der Waals surface area contributed by atoms with E-state index in [1.807, 2.05) is 0 Å². The first kappa shape index (κ1) is 29.0. The van der Waals surface area contributed by atoms with Crippen LogP contribution in [0.15, 0.2) is 60.2 Å². The standard InChI is InChI=1S/C29H26F4N6O3S/c30-20-5-1-2-6-23(20)42-24-8-7-21(37-27(40)22-16-43-28(38-22)17-9-10-35-36-12-17)26(25(24)29(31,32)33)39-11-3-4-19(39)13-34-18-14-41-15-18/h1-2,5-10,12,16,18-19,34H,3-4,11,13-15H2,(H,37,40)/t19-/m1/s1. The topological polar surface area (TPSA) is 102 Å². The molecular formula is C29H26F4N6O3S. The SMILES string of the molecule is O=C(Nc1ccc(Oc2ccccc2F)c(C(F)(F)F)c1N1CCC[C@@H]1CNC1COC1)c1csc(-c2ccnnc2)n1. The van der Waals surface area contributed by atoms with Gasteiger partial charge in [0.1, 0.15) is 22.0 Å². The maximum Gasteiger partial charge on any atom is 0.422 e. The number of benzene rings is 2. The van der Waals surface area contributed by atoms with Gasteiger partial charge in [-0.1, -0.05) is 12.1 Å². The van der Waals surface area contributed by atoms with Crippen LogP contribution in [0, 0.1) is 5.82 Å². The highest BCUT2D eigenvalue weighted by Crippen LogP contribution is 2.49. The summed E-state index contributed by atoms with van der Waals surface area (Å²) in [4.78, 5) is 19.3. The number of aromatic nitrogens is 3. The molecule has 2 aliphatic rings. The average molecular weight is 615 g/mol. The Kier molecular flexibility index (Phi) is 8.23. The summed E-state index contributed by atoms with van der Waals surface area (Å²) in [5, 5.41) is 15.6. The lowest BCUT2D eigenvalue weighted by Crippen LogP contribution is -2.50. The largest absolute Gasteiger partial charge is 0.454 e. The summed E-state index contributed by atoms with van der Waals surface area (Å²) in [5.41, 5.74) is -0.713. The number of nitrogens with zero attached hydrogens (tertiary/aromatic N) is 4. The number of carbonyl (C=O) groups excluding carboxylic acids is 1. The number of hydrogen-bond acceptors (Lipinski definition) is 9. The van der Waals surface area contributed by atoms with Gasteiger partial charge >= 0.3 is 6.18 Å². The van der Waals surface area contributed by atoms with E-state index in [9.17, 15) is 22.4 Å². The van der Waals surface area contributed by atoms with Gasteiger partial charge < -0.3 is 25.0 Å². The Morgan fingerprint density at radius 1 is 1.12 bits per heavy atom. The molecule has 43 heavy (non-hydrogen) atoms. The molecule has 0 unspecified atom stereocenters. The van der Waals surface area contributed by atoms with Crippen molar-refractivity contribution in [3.8, 4) is 22.1 Å². The fraction of sp³-hybridized carbons (Fsp3) is 0.310. The molecule has 0 radical (unpaired) electrons. The molecule has 224 valence electrons. The molecule has 0 spiro atoms. The highest BCUT2D eigenvalue weighted by atomic mass is 32.1. The Balaban J connectivity index is 1.39. The number of halogens is 4. The molecule has 14 heteroatoms. The lowest BCUT2D eigenvalue weighted by atomic mass is 10.1. The smallest absolute Gasteiger partial charge is 0.422 e. The molecular weight excluding hydrogens is 588 g/mol. The van der Waals surface area contributed by atoms with Crippen molar-refractivity contribution in [2.45, 2.75) is 31.1 Å². The molecule has 1 amide bonds. The molecule has 2 aliphatic heterocycles. The van der Waals surface area contributed by atoms with E-state index >= 15 is 0 Å². The number of hydrogen-bond donors (Lipinski definition) is 2. The molecule has 4 aromatic rings. The van der Waals surface area contributed by atoms with Crippen LogP contribution in [-0.4, -0.2) is 59.5 Å². The molecule has 0 bridgehead atoms. The number of ether oxygens (including phenoxy) is 2. The highest BCUT2D eigenvalue weighted by Gasteiger charge is 2.43. The van der Waals surface area contributed by atoms with Gasteiger partial charge in [-0.25, -0.2) is 9.37 Å². The Morgan fingerprint density at radius 3 is 2.67 bits per heavy atom. The van der Waals surface area contributed by atoms with Crippen molar-refractivity contribution in [3.63, 3.8) is 0 Å². The number of anilines is 2. The van der Waals surface area contributed by atoms with Crippen LogP contribution in [0.4, 0.5) is 28.9 Å². The molecule has 2 N–H and O–H groups in total. The van der Waals surface area contributed by atoms with Crippen molar-refractivity contribution in [1.29, 1.82) is 0 Å². The van der Waals surface area contributed by atoms with Crippen molar-refractivity contribution < 1.29 is 31.8 Å². The van der Waals surface area contributed by atoms with Crippen LogP contribution >= 0.6 is 11.3 Å². The van der Waals surface area contributed by atoms with Crippen LogP contribution < -0.4 is 20.3 Å². The van der Waals surface area contributed by atoms with Crippen molar-refractivity contribution >= 4 is 28.6 Å². The molecule has 1 atom stereocenters. The minimum absolute atomic E-state index is 0.0348.